The molecule has 30 nitrogen and oxygen atoms in total. The standard InChI is InChI=1S/C119H230O30/c1-6-10-14-18-22-26-30-34-38-42-46-50-54-58-62-66-112(120)142-103-96-134-87-80-126-71-70-125-78-79-133-94-95-141-110-111-116(146-107-100-138-91-84-130-75-72-127-81-88-135-97-104-143-113(121)67-63-59-55-51-47-43-39-35-31-27-23-19-15-11-7-2)117(147-108-101-139-92-85-131-76-73-128-82-89-136-98-105-144-114(122)68-64-60-56-52-48-44-40-36-32-28-24-20-16-12-8-3)118(119(124-5)149-111)148-109-102-140-93-86-132-77-74-129-83-90-137-99-106-145-115(123)69-65-61-57-53-49-45-41-37-33-29-25-21-17-13-9-4/h111,116-119H,6-110H2,1-5H3/t111-,116-,117+,118-,119-/m1/s1. The Morgan fingerprint density at radius 1 is 0.161 bits per heavy atom. The summed E-state index contributed by atoms with van der Waals surface area (Å²) >= 11 is 0. The molecular weight excluding hydrogens is 1910 g/mol. The van der Waals surface area contributed by atoms with Gasteiger partial charge >= 0.3 is 23.9 Å². The monoisotopic (exact) mass is 2140 g/mol. The van der Waals surface area contributed by atoms with Crippen molar-refractivity contribution < 1.29 is 142 Å². The molecule has 1 fully saturated rings. The molecule has 1 aliphatic heterocycles. The van der Waals surface area contributed by atoms with Gasteiger partial charge in [0.15, 0.2) is 6.29 Å². The van der Waals surface area contributed by atoms with E-state index in [1.807, 2.05) is 0 Å². The predicted octanol–water partition coefficient (Wildman–Crippen LogP) is 25.0. The van der Waals surface area contributed by atoms with Gasteiger partial charge in [0.05, 0.1) is 244 Å². The molecule has 0 spiro atoms. The van der Waals surface area contributed by atoms with Gasteiger partial charge in [0.2, 0.25) is 0 Å². The molecule has 0 aromatic heterocycles. The van der Waals surface area contributed by atoms with Crippen molar-refractivity contribution in [3.05, 3.63) is 0 Å². The third-order valence-electron chi connectivity index (χ3n) is 26.5. The van der Waals surface area contributed by atoms with Crippen LogP contribution >= 0.6 is 0 Å². The predicted molar refractivity (Wildman–Crippen MR) is 591 cm³/mol. The molecule has 0 unspecified atom stereocenters. The zero-order chi connectivity index (χ0) is 107. The van der Waals surface area contributed by atoms with E-state index in [9.17, 15) is 19.2 Å². The van der Waals surface area contributed by atoms with Crippen LogP contribution in [0.3, 0.4) is 0 Å². The first kappa shape index (κ1) is 144. The number of hydrogen-bond acceptors (Lipinski definition) is 30. The van der Waals surface area contributed by atoms with Gasteiger partial charge < -0.3 is 123 Å². The number of hydrogen-bond donors (Lipinski definition) is 0. The molecule has 886 valence electrons. The lowest BCUT2D eigenvalue weighted by molar-refractivity contribution is -0.320. The molecule has 0 N–H and O–H groups in total. The van der Waals surface area contributed by atoms with Gasteiger partial charge in [-0.15, -0.1) is 0 Å². The first-order chi connectivity index (χ1) is 73.8. The van der Waals surface area contributed by atoms with Crippen LogP contribution in [0.2, 0.25) is 0 Å². The molecule has 5 atom stereocenters. The van der Waals surface area contributed by atoms with E-state index in [0.717, 1.165) is 51.4 Å². The van der Waals surface area contributed by atoms with Crippen molar-refractivity contribution >= 4 is 23.9 Å². The minimum absolute atomic E-state index is 0.0995. The van der Waals surface area contributed by atoms with E-state index >= 15 is 0 Å². The molecule has 149 heavy (non-hydrogen) atoms. The lowest BCUT2D eigenvalue weighted by atomic mass is 9.98. The van der Waals surface area contributed by atoms with E-state index in [1.165, 1.54) is 334 Å². The first-order valence-corrected chi connectivity index (χ1v) is 61.3. The number of rotatable bonds is 130. The number of esters is 4. The second-order valence-electron chi connectivity index (χ2n) is 39.8. The Balaban J connectivity index is 2.76. The van der Waals surface area contributed by atoms with Crippen molar-refractivity contribution in [2.24, 2.45) is 0 Å². The first-order valence-electron chi connectivity index (χ1n) is 61.3. The summed E-state index contributed by atoms with van der Waals surface area (Å²) in [5.41, 5.74) is 0. The van der Waals surface area contributed by atoms with Gasteiger partial charge in [-0.05, 0) is 25.7 Å². The molecule has 1 heterocycles. The lowest BCUT2D eigenvalue weighted by Gasteiger charge is -2.45. The average Bonchev–Trinajstić information content (AvgIpc) is 0.791. The summed E-state index contributed by atoms with van der Waals surface area (Å²) in [4.78, 5) is 49.2. The molecule has 0 aliphatic carbocycles. The van der Waals surface area contributed by atoms with Crippen LogP contribution in [-0.4, -0.2) is 333 Å². The number of carbonyl (C=O) groups is 4. The highest BCUT2D eigenvalue weighted by Gasteiger charge is 2.49. The van der Waals surface area contributed by atoms with Crippen molar-refractivity contribution in [1.82, 2.24) is 0 Å². The van der Waals surface area contributed by atoms with Crippen molar-refractivity contribution in [2.45, 2.75) is 469 Å². The van der Waals surface area contributed by atoms with Crippen LogP contribution < -0.4 is 0 Å². The molecule has 1 aliphatic rings. The molecule has 0 bridgehead atoms. The Kier molecular flexibility index (Phi) is 121. The number of methoxy groups -OCH3 is 1. The maximum Gasteiger partial charge on any atom is 0.305 e. The van der Waals surface area contributed by atoms with Crippen molar-refractivity contribution in [3.8, 4) is 0 Å². The summed E-state index contributed by atoms with van der Waals surface area (Å²) in [6, 6.07) is 0. The van der Waals surface area contributed by atoms with E-state index in [0.29, 0.717) is 217 Å². The Morgan fingerprint density at radius 2 is 0.302 bits per heavy atom. The number of ether oxygens (including phenoxy) is 26. The largest absolute Gasteiger partial charge is 0.463 e. The second-order valence-corrected chi connectivity index (χ2v) is 39.8. The normalized spacial score (nSPS) is 14.8. The molecule has 1 rings (SSSR count). The van der Waals surface area contributed by atoms with Crippen LogP contribution in [0.1, 0.15) is 439 Å². The fourth-order valence-electron chi connectivity index (χ4n) is 17.6. The summed E-state index contributed by atoms with van der Waals surface area (Å²) in [6.07, 6.45) is 75.0. The molecular formula is C119H230O30. The summed E-state index contributed by atoms with van der Waals surface area (Å²) in [5, 5.41) is 0. The molecule has 0 aromatic rings. The third kappa shape index (κ3) is 110. The highest BCUT2D eigenvalue weighted by Crippen LogP contribution is 2.30. The van der Waals surface area contributed by atoms with E-state index < -0.39 is 30.7 Å². The Hall–Kier alpha value is -3.00. The highest BCUT2D eigenvalue weighted by atomic mass is 16.7. The van der Waals surface area contributed by atoms with Crippen LogP contribution in [0.15, 0.2) is 0 Å². The molecule has 30 heteroatoms. The van der Waals surface area contributed by atoms with Crippen LogP contribution in [-0.2, 0) is 142 Å². The van der Waals surface area contributed by atoms with Crippen LogP contribution in [0.4, 0.5) is 0 Å². The Bertz CT molecular complexity index is 2610. The smallest absolute Gasteiger partial charge is 0.305 e. The van der Waals surface area contributed by atoms with Gasteiger partial charge in [-0.3, -0.25) is 19.2 Å². The van der Waals surface area contributed by atoms with Gasteiger partial charge in [0, 0.05) is 32.8 Å². The molecule has 0 saturated carbocycles. The third-order valence-corrected chi connectivity index (χ3v) is 26.5. The van der Waals surface area contributed by atoms with E-state index in [2.05, 4.69) is 27.7 Å². The highest BCUT2D eigenvalue weighted by molar-refractivity contribution is 5.70. The van der Waals surface area contributed by atoms with Gasteiger partial charge in [0.25, 0.3) is 0 Å². The van der Waals surface area contributed by atoms with Gasteiger partial charge in [-0.25, -0.2) is 0 Å². The Labute approximate surface area is 908 Å². The molecule has 0 radical (unpaired) electrons. The minimum Gasteiger partial charge on any atom is -0.463 e. The summed E-state index contributed by atoms with van der Waals surface area (Å²) < 4.78 is 153. The Morgan fingerprint density at radius 3 is 0.477 bits per heavy atom. The van der Waals surface area contributed by atoms with Crippen LogP contribution in [0.25, 0.3) is 0 Å². The van der Waals surface area contributed by atoms with Gasteiger partial charge in [-0.2, -0.15) is 0 Å². The second kappa shape index (κ2) is 125. The molecule has 0 aromatic carbocycles. The quantitative estimate of drug-likeness (QED) is 0.0310. The van der Waals surface area contributed by atoms with E-state index in [-0.39, 0.29) is 103 Å². The van der Waals surface area contributed by atoms with Gasteiger partial charge in [0.1, 0.15) is 50.8 Å². The number of carbonyl (C=O) groups excluding carboxylic acids is 4. The zero-order valence-corrected chi connectivity index (χ0v) is 96.4. The van der Waals surface area contributed by atoms with Crippen LogP contribution in [0.5, 0.6) is 0 Å². The fourth-order valence-corrected chi connectivity index (χ4v) is 17.6. The van der Waals surface area contributed by atoms with Crippen molar-refractivity contribution in [3.63, 3.8) is 0 Å². The van der Waals surface area contributed by atoms with Crippen LogP contribution in [0, 0.1) is 0 Å². The molecule has 1 saturated heterocycles. The fraction of sp³-hybridized carbons (Fsp3) is 0.966. The average molecular weight is 2140 g/mol. The summed E-state index contributed by atoms with van der Waals surface area (Å²) in [7, 11) is 1.55. The SMILES string of the molecule is CCCCCCCCCCCCCCCCCC(=O)OCCOCCOCCOCCOCCOC[C@H]1O[C@@H](OC)[C@H](OCCOCCOCCOCCOCCOC(=O)CCCCCCCCCCCCCCCCC)[C@@H](OCCOCCOCCOCCOCCOC(=O)CCCCCCCCCCCCCCCCC)[C@@H]1OCCOCCOCCOCCOCCOC(=O)CCCCCCCCCCCCCCCCC. The van der Waals surface area contributed by atoms with Crippen molar-refractivity contribution in [1.29, 1.82) is 0 Å². The van der Waals surface area contributed by atoms with Crippen molar-refractivity contribution in [2.75, 3.05) is 278 Å². The maximum absolute atomic E-state index is 12.3. The number of unbranched alkanes of at least 4 members (excludes halogenated alkanes) is 56. The minimum atomic E-state index is -0.899. The topological polar surface area (TPSA) is 308 Å². The van der Waals surface area contributed by atoms with Gasteiger partial charge in [-0.1, -0.05) is 387 Å². The summed E-state index contributed by atoms with van der Waals surface area (Å²) in [5.74, 6) is -0.666. The lowest BCUT2D eigenvalue weighted by Crippen LogP contribution is -2.62. The summed E-state index contributed by atoms with van der Waals surface area (Å²) in [6.45, 7) is 21.9. The molecule has 0 amide bonds. The van der Waals surface area contributed by atoms with E-state index in [4.69, 9.17) is 123 Å². The maximum atomic E-state index is 12.3. The zero-order valence-electron chi connectivity index (χ0n) is 96.4. The van der Waals surface area contributed by atoms with E-state index in [1.54, 1.807) is 7.11 Å².